The molecule has 0 aromatic heterocycles. The molecule has 8 nitrogen and oxygen atoms in total. The number of rotatable bonds is 7. The summed E-state index contributed by atoms with van der Waals surface area (Å²) >= 11 is 0. The molecule has 1 fully saturated rings. The topological polar surface area (TPSA) is 105 Å². The Morgan fingerprint density at radius 3 is 2.63 bits per heavy atom. The SMILES string of the molecule is CCC1(CC)NC(=O)N(CC(=O)O[C@H](C)C(=O)N[C@H]2CCCc3ccccc32)C1=O. The van der Waals surface area contributed by atoms with Gasteiger partial charge in [-0.05, 0) is 50.2 Å². The zero-order chi connectivity index (χ0) is 21.9. The fourth-order valence-electron chi connectivity index (χ4n) is 4.16. The lowest BCUT2D eigenvalue weighted by Gasteiger charge is -2.27. The van der Waals surface area contributed by atoms with E-state index in [0.29, 0.717) is 12.8 Å². The summed E-state index contributed by atoms with van der Waals surface area (Å²) in [6.07, 6.45) is 2.61. The fourth-order valence-corrected chi connectivity index (χ4v) is 4.16. The molecule has 30 heavy (non-hydrogen) atoms. The van der Waals surface area contributed by atoms with Crippen molar-refractivity contribution in [2.75, 3.05) is 6.54 Å². The summed E-state index contributed by atoms with van der Waals surface area (Å²) < 4.78 is 5.21. The molecule has 1 aliphatic carbocycles. The van der Waals surface area contributed by atoms with Crippen LogP contribution in [0.15, 0.2) is 24.3 Å². The zero-order valence-electron chi connectivity index (χ0n) is 17.7. The van der Waals surface area contributed by atoms with Gasteiger partial charge >= 0.3 is 12.0 Å². The molecule has 162 valence electrons. The van der Waals surface area contributed by atoms with Gasteiger partial charge in [-0.3, -0.25) is 19.3 Å². The van der Waals surface area contributed by atoms with Crippen LogP contribution in [0, 0.1) is 0 Å². The summed E-state index contributed by atoms with van der Waals surface area (Å²) in [5.74, 6) is -1.64. The number of amides is 4. The van der Waals surface area contributed by atoms with Crippen LogP contribution in [0.25, 0.3) is 0 Å². The van der Waals surface area contributed by atoms with E-state index in [2.05, 4.69) is 16.7 Å². The molecule has 1 aliphatic heterocycles. The molecule has 1 aromatic carbocycles. The Kier molecular flexibility index (Phi) is 6.43. The third-order valence-corrected chi connectivity index (χ3v) is 6.10. The van der Waals surface area contributed by atoms with Crippen LogP contribution in [-0.2, 0) is 25.5 Å². The Bertz CT molecular complexity index is 849. The Morgan fingerprint density at radius 1 is 1.27 bits per heavy atom. The van der Waals surface area contributed by atoms with Gasteiger partial charge in [0, 0.05) is 0 Å². The van der Waals surface area contributed by atoms with E-state index in [4.69, 9.17) is 4.74 Å². The van der Waals surface area contributed by atoms with Gasteiger partial charge in [-0.15, -0.1) is 0 Å². The van der Waals surface area contributed by atoms with Gasteiger partial charge in [-0.25, -0.2) is 4.79 Å². The fraction of sp³-hybridized carbons (Fsp3) is 0.545. The van der Waals surface area contributed by atoms with Crippen LogP contribution in [0.4, 0.5) is 4.79 Å². The summed E-state index contributed by atoms with van der Waals surface area (Å²) in [4.78, 5) is 50.5. The Balaban J connectivity index is 1.57. The standard InChI is InChI=1S/C22H29N3O5/c1-4-22(5-2)20(28)25(21(29)24-22)13-18(26)30-14(3)19(27)23-17-12-8-10-15-9-6-7-11-16(15)17/h6-7,9,11,14,17H,4-5,8,10,12-13H2,1-3H3,(H,23,27)(H,24,29)/t14-,17+/m1/s1. The second-order valence-corrected chi connectivity index (χ2v) is 7.89. The van der Waals surface area contributed by atoms with E-state index in [9.17, 15) is 19.2 Å². The number of urea groups is 1. The molecule has 0 radical (unpaired) electrons. The van der Waals surface area contributed by atoms with Gasteiger partial charge in [0.15, 0.2) is 6.10 Å². The number of fused-ring (bicyclic) bond motifs is 1. The number of hydrogen-bond donors (Lipinski definition) is 2. The number of hydrogen-bond acceptors (Lipinski definition) is 5. The highest BCUT2D eigenvalue weighted by Gasteiger charge is 2.49. The summed E-state index contributed by atoms with van der Waals surface area (Å²) in [5, 5.41) is 5.61. The smallest absolute Gasteiger partial charge is 0.327 e. The maximum Gasteiger partial charge on any atom is 0.327 e. The van der Waals surface area contributed by atoms with E-state index < -0.39 is 42.0 Å². The lowest BCUT2D eigenvalue weighted by molar-refractivity contribution is -0.157. The van der Waals surface area contributed by atoms with Crippen LogP contribution in [0.2, 0.25) is 0 Å². The molecule has 0 spiro atoms. The number of esters is 1. The van der Waals surface area contributed by atoms with E-state index in [1.807, 2.05) is 18.2 Å². The van der Waals surface area contributed by atoms with E-state index in [1.54, 1.807) is 13.8 Å². The highest BCUT2D eigenvalue weighted by molar-refractivity contribution is 6.08. The highest BCUT2D eigenvalue weighted by atomic mass is 16.5. The van der Waals surface area contributed by atoms with Gasteiger partial charge in [-0.2, -0.15) is 0 Å². The van der Waals surface area contributed by atoms with Crippen molar-refractivity contribution in [1.29, 1.82) is 0 Å². The predicted octanol–water partition coefficient (Wildman–Crippen LogP) is 2.22. The Hall–Kier alpha value is -2.90. The predicted molar refractivity (Wildman–Crippen MR) is 109 cm³/mol. The molecule has 4 amide bonds. The van der Waals surface area contributed by atoms with Gasteiger partial charge < -0.3 is 15.4 Å². The monoisotopic (exact) mass is 415 g/mol. The van der Waals surface area contributed by atoms with E-state index in [1.165, 1.54) is 12.5 Å². The van der Waals surface area contributed by atoms with Gasteiger partial charge in [0.05, 0.1) is 6.04 Å². The van der Waals surface area contributed by atoms with Crippen molar-refractivity contribution in [3.63, 3.8) is 0 Å². The summed E-state index contributed by atoms with van der Waals surface area (Å²) in [7, 11) is 0. The van der Waals surface area contributed by atoms with Crippen molar-refractivity contribution in [3.8, 4) is 0 Å². The van der Waals surface area contributed by atoms with Crippen molar-refractivity contribution in [2.45, 2.75) is 70.6 Å². The molecule has 2 N–H and O–H groups in total. The van der Waals surface area contributed by atoms with Gasteiger partial charge in [0.2, 0.25) is 0 Å². The van der Waals surface area contributed by atoms with Crippen LogP contribution in [-0.4, -0.2) is 46.9 Å². The minimum atomic E-state index is -1.03. The molecule has 3 rings (SSSR count). The summed E-state index contributed by atoms with van der Waals surface area (Å²) in [6.45, 7) is 4.57. The van der Waals surface area contributed by atoms with Crippen LogP contribution in [0.1, 0.15) is 63.6 Å². The number of nitrogens with one attached hydrogen (secondary N) is 2. The van der Waals surface area contributed by atoms with Crippen molar-refractivity contribution < 1.29 is 23.9 Å². The largest absolute Gasteiger partial charge is 0.451 e. The molecular weight excluding hydrogens is 386 g/mol. The van der Waals surface area contributed by atoms with Crippen LogP contribution >= 0.6 is 0 Å². The van der Waals surface area contributed by atoms with E-state index in [0.717, 1.165) is 29.7 Å². The van der Waals surface area contributed by atoms with E-state index >= 15 is 0 Å². The first-order valence-electron chi connectivity index (χ1n) is 10.5. The lowest BCUT2D eigenvalue weighted by atomic mass is 9.87. The van der Waals surface area contributed by atoms with Crippen molar-refractivity contribution in [3.05, 3.63) is 35.4 Å². The number of nitrogens with zero attached hydrogens (tertiary/aromatic N) is 1. The Labute approximate surface area is 176 Å². The molecule has 2 atom stereocenters. The molecule has 0 unspecified atom stereocenters. The molecule has 0 bridgehead atoms. The maximum atomic E-state index is 12.6. The first-order valence-corrected chi connectivity index (χ1v) is 10.5. The number of carbonyl (C=O) groups is 4. The minimum absolute atomic E-state index is 0.121. The van der Waals surface area contributed by atoms with Crippen LogP contribution < -0.4 is 10.6 Å². The van der Waals surface area contributed by atoms with Crippen LogP contribution in [0.3, 0.4) is 0 Å². The number of imide groups is 1. The van der Waals surface area contributed by atoms with Crippen molar-refractivity contribution in [1.82, 2.24) is 15.5 Å². The normalized spacial score (nSPS) is 20.9. The van der Waals surface area contributed by atoms with Gasteiger partial charge in [0.25, 0.3) is 11.8 Å². The van der Waals surface area contributed by atoms with Crippen molar-refractivity contribution >= 4 is 23.8 Å². The van der Waals surface area contributed by atoms with E-state index in [-0.39, 0.29) is 6.04 Å². The third kappa shape index (κ3) is 4.17. The molecule has 2 aliphatic rings. The number of carbonyl (C=O) groups excluding carboxylic acids is 4. The first kappa shape index (κ1) is 21.8. The first-order chi connectivity index (χ1) is 14.3. The van der Waals surface area contributed by atoms with Crippen LogP contribution in [0.5, 0.6) is 0 Å². The molecule has 0 saturated carbocycles. The quantitative estimate of drug-likeness (QED) is 0.525. The minimum Gasteiger partial charge on any atom is -0.451 e. The second kappa shape index (κ2) is 8.85. The molecule has 1 saturated heterocycles. The summed E-state index contributed by atoms with van der Waals surface area (Å²) in [6, 6.07) is 7.25. The molecule has 1 heterocycles. The highest BCUT2D eigenvalue weighted by Crippen LogP contribution is 2.29. The summed E-state index contributed by atoms with van der Waals surface area (Å²) in [5.41, 5.74) is 1.33. The zero-order valence-corrected chi connectivity index (χ0v) is 17.7. The average molecular weight is 415 g/mol. The Morgan fingerprint density at radius 2 is 1.97 bits per heavy atom. The van der Waals surface area contributed by atoms with Gasteiger partial charge in [-0.1, -0.05) is 38.1 Å². The second-order valence-electron chi connectivity index (χ2n) is 7.89. The number of benzene rings is 1. The molecular formula is C22H29N3O5. The number of ether oxygens (including phenoxy) is 1. The maximum absolute atomic E-state index is 12.6. The molecule has 8 heteroatoms. The third-order valence-electron chi connectivity index (χ3n) is 6.10. The van der Waals surface area contributed by atoms with Crippen molar-refractivity contribution in [2.24, 2.45) is 0 Å². The lowest BCUT2D eigenvalue weighted by Crippen LogP contribution is -2.46. The average Bonchev–Trinajstić information content (AvgIpc) is 2.98. The van der Waals surface area contributed by atoms with Gasteiger partial charge in [0.1, 0.15) is 12.1 Å². The molecule has 1 aromatic rings. The number of aryl methyl sites for hydroxylation is 1.